The van der Waals surface area contributed by atoms with E-state index in [4.69, 9.17) is 4.74 Å². The fraction of sp³-hybridized carbons (Fsp3) is 0.400. The maximum atomic E-state index is 12.2. The Morgan fingerprint density at radius 2 is 2.06 bits per heavy atom. The minimum atomic E-state index is 0.218. The van der Waals surface area contributed by atoms with Gasteiger partial charge in [0.25, 0.3) is 0 Å². The monoisotopic (exact) mass is 245 g/mol. The van der Waals surface area contributed by atoms with E-state index in [0.717, 1.165) is 35.3 Å². The first kappa shape index (κ1) is 12.7. The van der Waals surface area contributed by atoms with Gasteiger partial charge in [0.05, 0.1) is 7.11 Å². The van der Waals surface area contributed by atoms with Crippen LogP contribution >= 0.6 is 0 Å². The van der Waals surface area contributed by atoms with Crippen molar-refractivity contribution in [2.24, 2.45) is 0 Å². The Balaban J connectivity index is 2.59. The van der Waals surface area contributed by atoms with E-state index in [1.807, 2.05) is 43.4 Å². The van der Waals surface area contributed by atoms with Crippen molar-refractivity contribution >= 4 is 11.4 Å². The molecule has 0 atom stereocenters. The molecule has 1 aromatic carbocycles. The second-order valence-corrected chi connectivity index (χ2v) is 4.77. The second-order valence-electron chi connectivity index (χ2n) is 4.77. The summed E-state index contributed by atoms with van der Waals surface area (Å²) >= 11 is 0. The number of carbonyl (C=O) groups is 1. The van der Waals surface area contributed by atoms with E-state index in [1.54, 1.807) is 7.11 Å². The van der Waals surface area contributed by atoms with E-state index in [9.17, 15) is 4.79 Å². The average Bonchev–Trinajstić information content (AvgIpc) is 2.49. The average molecular weight is 245 g/mol. The zero-order chi connectivity index (χ0) is 13.1. The van der Waals surface area contributed by atoms with Gasteiger partial charge in [-0.25, -0.2) is 0 Å². The SMILES string of the molecule is COc1cccc2c1CCCC(=O)/C2=C\N(C)C. The van der Waals surface area contributed by atoms with Gasteiger partial charge in [0.2, 0.25) is 0 Å². The number of hydrogen-bond donors (Lipinski definition) is 0. The van der Waals surface area contributed by atoms with Crippen LogP contribution in [0.1, 0.15) is 24.0 Å². The molecule has 0 saturated heterocycles. The van der Waals surface area contributed by atoms with Gasteiger partial charge in [-0.2, -0.15) is 0 Å². The predicted octanol–water partition coefficient (Wildman–Crippen LogP) is 2.50. The summed E-state index contributed by atoms with van der Waals surface area (Å²) in [6.07, 6.45) is 4.30. The molecule has 0 aromatic heterocycles. The normalized spacial score (nSPS) is 17.3. The van der Waals surface area contributed by atoms with E-state index >= 15 is 0 Å². The van der Waals surface area contributed by atoms with Crippen molar-refractivity contribution in [3.05, 3.63) is 35.5 Å². The van der Waals surface area contributed by atoms with Crippen LogP contribution in [-0.4, -0.2) is 31.9 Å². The third-order valence-electron chi connectivity index (χ3n) is 3.16. The fourth-order valence-corrected chi connectivity index (χ4v) is 2.38. The third-order valence-corrected chi connectivity index (χ3v) is 3.16. The number of ketones is 1. The van der Waals surface area contributed by atoms with E-state index < -0.39 is 0 Å². The highest BCUT2D eigenvalue weighted by atomic mass is 16.5. The Hall–Kier alpha value is -1.77. The van der Waals surface area contributed by atoms with E-state index in [2.05, 4.69) is 0 Å². The molecule has 0 radical (unpaired) electrons. The van der Waals surface area contributed by atoms with Crippen LogP contribution in [0.3, 0.4) is 0 Å². The van der Waals surface area contributed by atoms with Crippen LogP contribution in [0.2, 0.25) is 0 Å². The number of benzene rings is 1. The van der Waals surface area contributed by atoms with Crippen LogP contribution in [0, 0.1) is 0 Å². The molecule has 18 heavy (non-hydrogen) atoms. The molecule has 0 amide bonds. The van der Waals surface area contributed by atoms with Gasteiger partial charge in [0.1, 0.15) is 5.75 Å². The maximum Gasteiger partial charge on any atom is 0.164 e. The summed E-state index contributed by atoms with van der Waals surface area (Å²) in [6.45, 7) is 0. The van der Waals surface area contributed by atoms with Crippen molar-refractivity contribution in [1.29, 1.82) is 0 Å². The van der Waals surface area contributed by atoms with Crippen molar-refractivity contribution < 1.29 is 9.53 Å². The summed E-state index contributed by atoms with van der Waals surface area (Å²) in [6, 6.07) is 5.91. The molecule has 3 heteroatoms. The van der Waals surface area contributed by atoms with Gasteiger partial charge >= 0.3 is 0 Å². The molecule has 0 fully saturated rings. The van der Waals surface area contributed by atoms with Crippen molar-refractivity contribution in [2.45, 2.75) is 19.3 Å². The van der Waals surface area contributed by atoms with E-state index in [-0.39, 0.29) is 5.78 Å². The highest BCUT2D eigenvalue weighted by molar-refractivity contribution is 6.21. The highest BCUT2D eigenvalue weighted by Gasteiger charge is 2.21. The van der Waals surface area contributed by atoms with Gasteiger partial charge in [-0.1, -0.05) is 12.1 Å². The molecular formula is C15H19NO2. The summed E-state index contributed by atoms with van der Waals surface area (Å²) in [5, 5.41) is 0. The van der Waals surface area contributed by atoms with Crippen LogP contribution in [-0.2, 0) is 11.2 Å². The largest absolute Gasteiger partial charge is 0.496 e. The van der Waals surface area contributed by atoms with Crippen LogP contribution < -0.4 is 4.74 Å². The third kappa shape index (κ3) is 2.40. The Labute approximate surface area is 108 Å². The quantitative estimate of drug-likeness (QED) is 0.592. The Bertz CT molecular complexity index is 489. The van der Waals surface area contributed by atoms with Crippen LogP contribution in [0.15, 0.2) is 24.4 Å². The van der Waals surface area contributed by atoms with Gasteiger partial charge in [0.15, 0.2) is 5.78 Å². The number of methoxy groups -OCH3 is 1. The summed E-state index contributed by atoms with van der Waals surface area (Å²) in [4.78, 5) is 14.1. The molecular weight excluding hydrogens is 226 g/mol. The van der Waals surface area contributed by atoms with Crippen LogP contribution in [0.25, 0.3) is 5.57 Å². The zero-order valence-corrected chi connectivity index (χ0v) is 11.2. The number of nitrogens with zero attached hydrogens (tertiary/aromatic N) is 1. The Morgan fingerprint density at radius 3 is 2.72 bits per heavy atom. The number of fused-ring (bicyclic) bond motifs is 1. The number of hydrogen-bond acceptors (Lipinski definition) is 3. The smallest absolute Gasteiger partial charge is 0.164 e. The van der Waals surface area contributed by atoms with Gasteiger partial charge in [-0.15, -0.1) is 0 Å². The maximum absolute atomic E-state index is 12.2. The number of rotatable bonds is 2. The molecule has 96 valence electrons. The summed E-state index contributed by atoms with van der Waals surface area (Å²) in [5.74, 6) is 1.10. The molecule has 3 nitrogen and oxygen atoms in total. The number of carbonyl (C=O) groups excluding carboxylic acids is 1. The van der Waals surface area contributed by atoms with Crippen LogP contribution in [0.5, 0.6) is 5.75 Å². The fourth-order valence-electron chi connectivity index (χ4n) is 2.38. The molecule has 0 unspecified atom stereocenters. The topological polar surface area (TPSA) is 29.5 Å². The number of ether oxygens (including phenoxy) is 1. The van der Waals surface area contributed by atoms with Gasteiger partial charge in [-0.3, -0.25) is 4.79 Å². The van der Waals surface area contributed by atoms with Crippen molar-refractivity contribution in [2.75, 3.05) is 21.2 Å². The second kappa shape index (κ2) is 5.25. The molecule has 1 aliphatic rings. The zero-order valence-electron chi connectivity index (χ0n) is 11.2. The van der Waals surface area contributed by atoms with Gasteiger partial charge in [0, 0.05) is 37.9 Å². The molecule has 1 aliphatic carbocycles. The summed E-state index contributed by atoms with van der Waals surface area (Å²) in [7, 11) is 5.55. The summed E-state index contributed by atoms with van der Waals surface area (Å²) in [5.41, 5.74) is 2.97. The molecule has 0 saturated carbocycles. The lowest BCUT2D eigenvalue weighted by Gasteiger charge is -2.14. The molecule has 2 rings (SSSR count). The lowest BCUT2D eigenvalue weighted by molar-refractivity contribution is -0.113. The Kier molecular flexibility index (Phi) is 3.70. The Morgan fingerprint density at radius 1 is 1.28 bits per heavy atom. The molecule has 0 aliphatic heterocycles. The van der Waals surface area contributed by atoms with Gasteiger partial charge in [-0.05, 0) is 24.5 Å². The van der Waals surface area contributed by atoms with E-state index in [1.165, 1.54) is 0 Å². The van der Waals surface area contributed by atoms with E-state index in [0.29, 0.717) is 6.42 Å². The summed E-state index contributed by atoms with van der Waals surface area (Å²) < 4.78 is 5.40. The highest BCUT2D eigenvalue weighted by Crippen LogP contribution is 2.33. The molecule has 1 aromatic rings. The number of allylic oxidation sites excluding steroid dienone is 1. The molecule has 0 N–H and O–H groups in total. The van der Waals surface area contributed by atoms with Crippen molar-refractivity contribution in [3.63, 3.8) is 0 Å². The van der Waals surface area contributed by atoms with Crippen LogP contribution in [0.4, 0.5) is 0 Å². The minimum absolute atomic E-state index is 0.218. The first-order chi connectivity index (χ1) is 8.63. The molecule has 0 bridgehead atoms. The van der Waals surface area contributed by atoms with Gasteiger partial charge < -0.3 is 9.64 Å². The molecule has 0 spiro atoms. The molecule has 0 heterocycles. The predicted molar refractivity (Wildman–Crippen MR) is 72.6 cm³/mol. The first-order valence-electron chi connectivity index (χ1n) is 6.21. The minimum Gasteiger partial charge on any atom is -0.496 e. The first-order valence-corrected chi connectivity index (χ1v) is 6.21. The lowest BCUT2D eigenvalue weighted by Crippen LogP contribution is -2.08. The standard InChI is InChI=1S/C15H19NO2/c1-16(2)10-13-11-6-5-9-15(18-3)12(11)7-4-8-14(13)17/h5-6,9-10H,4,7-8H2,1-3H3/b13-10-. The van der Waals surface area contributed by atoms with Crippen molar-refractivity contribution in [1.82, 2.24) is 4.90 Å². The van der Waals surface area contributed by atoms with Crippen molar-refractivity contribution in [3.8, 4) is 5.75 Å². The number of Topliss-reactive ketones (excluding diaryl/α,β-unsaturated/α-hetero) is 1. The lowest BCUT2D eigenvalue weighted by atomic mass is 9.97.